The van der Waals surface area contributed by atoms with E-state index in [9.17, 15) is 13.2 Å². The lowest BCUT2D eigenvalue weighted by atomic mass is 10.1. The highest BCUT2D eigenvalue weighted by Crippen LogP contribution is 2.24. The number of aliphatic carboxylic acids is 1. The quantitative estimate of drug-likeness (QED) is 0.744. The third-order valence-corrected chi connectivity index (χ3v) is 6.32. The van der Waals surface area contributed by atoms with Gasteiger partial charge in [0, 0.05) is 11.4 Å². The first-order valence-corrected chi connectivity index (χ1v) is 9.60. The third-order valence-electron chi connectivity index (χ3n) is 3.27. The van der Waals surface area contributed by atoms with E-state index in [0.29, 0.717) is 11.4 Å². The number of sulfonamides is 1. The van der Waals surface area contributed by atoms with Crippen molar-refractivity contribution in [3.63, 3.8) is 0 Å². The number of thiophene rings is 1. The number of carboxylic acid groups (broad SMARTS) is 1. The van der Waals surface area contributed by atoms with E-state index < -0.39 is 22.0 Å². The molecule has 1 aromatic heterocycles. The molecule has 2 N–H and O–H groups in total. The number of carbonyl (C=O) groups is 1. The van der Waals surface area contributed by atoms with E-state index in [1.165, 1.54) is 12.1 Å². The Kier molecular flexibility index (Phi) is 6.11. The standard InChI is InChI=1S/C16H20N2O4S2/c1-18(2)11-14(12-6-4-3-5-7-12)17-24(21,22)16-9-8-13(23-16)10-15(19)20/h3-9,14,17H,10-11H2,1-2H3,(H,19,20). The normalized spacial score (nSPS) is 13.1. The van der Waals surface area contributed by atoms with Crippen LogP contribution in [0, 0.1) is 0 Å². The Bertz CT molecular complexity index is 785. The smallest absolute Gasteiger partial charge is 0.308 e. The number of nitrogens with one attached hydrogen (secondary N) is 1. The molecule has 2 rings (SSSR count). The minimum atomic E-state index is -3.72. The van der Waals surface area contributed by atoms with Crippen molar-refractivity contribution in [2.24, 2.45) is 0 Å². The molecule has 0 bridgehead atoms. The topological polar surface area (TPSA) is 86.7 Å². The molecule has 0 saturated heterocycles. The van der Waals surface area contributed by atoms with E-state index in [2.05, 4.69) is 4.72 Å². The van der Waals surface area contributed by atoms with Crippen molar-refractivity contribution >= 4 is 27.3 Å². The summed E-state index contributed by atoms with van der Waals surface area (Å²) in [5.41, 5.74) is 0.872. The van der Waals surface area contributed by atoms with Gasteiger partial charge in [0.25, 0.3) is 10.0 Å². The molecule has 130 valence electrons. The first-order chi connectivity index (χ1) is 11.3. The predicted octanol–water partition coefficient (Wildman–Crippen LogP) is 1.96. The zero-order chi connectivity index (χ0) is 17.7. The second-order valence-electron chi connectivity index (χ2n) is 5.64. The zero-order valence-electron chi connectivity index (χ0n) is 13.5. The lowest BCUT2D eigenvalue weighted by Crippen LogP contribution is -2.35. The first-order valence-electron chi connectivity index (χ1n) is 7.30. The van der Waals surface area contributed by atoms with Gasteiger partial charge in [-0.25, -0.2) is 13.1 Å². The lowest BCUT2D eigenvalue weighted by molar-refractivity contribution is -0.136. The molecule has 0 aliphatic rings. The average Bonchev–Trinajstić information content (AvgIpc) is 2.95. The summed E-state index contributed by atoms with van der Waals surface area (Å²) < 4.78 is 28.1. The molecular formula is C16H20N2O4S2. The van der Waals surface area contributed by atoms with Gasteiger partial charge >= 0.3 is 5.97 Å². The Morgan fingerprint density at radius 1 is 1.21 bits per heavy atom. The Morgan fingerprint density at radius 2 is 1.88 bits per heavy atom. The van der Waals surface area contributed by atoms with Crippen molar-refractivity contribution in [2.45, 2.75) is 16.7 Å². The van der Waals surface area contributed by atoms with Crippen LogP contribution in [0.15, 0.2) is 46.7 Å². The highest BCUT2D eigenvalue weighted by atomic mass is 32.2. The van der Waals surface area contributed by atoms with Crippen molar-refractivity contribution in [1.82, 2.24) is 9.62 Å². The highest BCUT2D eigenvalue weighted by Gasteiger charge is 2.23. The Labute approximate surface area is 145 Å². The third kappa shape index (κ3) is 5.13. The van der Waals surface area contributed by atoms with Crippen LogP contribution in [-0.2, 0) is 21.2 Å². The van der Waals surface area contributed by atoms with Crippen LogP contribution in [0.25, 0.3) is 0 Å². The van der Waals surface area contributed by atoms with Gasteiger partial charge in [0.2, 0.25) is 0 Å². The first kappa shape index (κ1) is 18.6. The lowest BCUT2D eigenvalue weighted by Gasteiger charge is -2.22. The summed E-state index contributed by atoms with van der Waals surface area (Å²) in [6.07, 6.45) is -0.181. The molecule has 8 heteroatoms. The molecule has 0 spiro atoms. The van der Waals surface area contributed by atoms with E-state index >= 15 is 0 Å². The Hall–Kier alpha value is -1.74. The molecule has 1 aromatic carbocycles. The van der Waals surface area contributed by atoms with Crippen LogP contribution in [0.2, 0.25) is 0 Å². The summed E-state index contributed by atoms with van der Waals surface area (Å²) in [5.74, 6) is -0.983. The minimum absolute atomic E-state index is 0.124. The second kappa shape index (κ2) is 7.89. The molecule has 0 fully saturated rings. The summed E-state index contributed by atoms with van der Waals surface area (Å²) in [6, 6.07) is 11.9. The van der Waals surface area contributed by atoms with Gasteiger partial charge in [-0.15, -0.1) is 11.3 Å². The summed E-state index contributed by atoms with van der Waals surface area (Å²) in [5, 5.41) is 8.81. The summed E-state index contributed by atoms with van der Waals surface area (Å²) in [7, 11) is 0.0314. The fourth-order valence-corrected chi connectivity index (χ4v) is 4.83. The molecule has 0 aliphatic carbocycles. The van der Waals surface area contributed by atoms with Gasteiger partial charge < -0.3 is 10.0 Å². The molecule has 1 unspecified atom stereocenters. The van der Waals surface area contributed by atoms with Crippen LogP contribution in [0.1, 0.15) is 16.5 Å². The zero-order valence-corrected chi connectivity index (χ0v) is 15.1. The van der Waals surface area contributed by atoms with Crippen LogP contribution in [-0.4, -0.2) is 45.0 Å². The molecule has 24 heavy (non-hydrogen) atoms. The van der Waals surface area contributed by atoms with E-state index in [-0.39, 0.29) is 10.6 Å². The van der Waals surface area contributed by atoms with Gasteiger partial charge in [0.1, 0.15) is 4.21 Å². The van der Waals surface area contributed by atoms with Crippen molar-refractivity contribution < 1.29 is 18.3 Å². The van der Waals surface area contributed by atoms with Gasteiger partial charge in [0.15, 0.2) is 0 Å². The van der Waals surface area contributed by atoms with Crippen molar-refractivity contribution in [2.75, 3.05) is 20.6 Å². The average molecular weight is 368 g/mol. The number of likely N-dealkylation sites (N-methyl/N-ethyl adjacent to an activating group) is 1. The van der Waals surface area contributed by atoms with E-state index in [1.807, 2.05) is 49.3 Å². The molecule has 1 heterocycles. The fourth-order valence-electron chi connectivity index (χ4n) is 2.25. The largest absolute Gasteiger partial charge is 0.481 e. The van der Waals surface area contributed by atoms with Gasteiger partial charge in [-0.2, -0.15) is 0 Å². The second-order valence-corrected chi connectivity index (χ2v) is 8.75. The summed E-state index contributed by atoms with van der Waals surface area (Å²) in [4.78, 5) is 13.2. The van der Waals surface area contributed by atoms with E-state index in [0.717, 1.165) is 16.9 Å². The molecule has 0 amide bonds. The Morgan fingerprint density at radius 3 is 2.46 bits per heavy atom. The maximum absolute atomic E-state index is 12.6. The van der Waals surface area contributed by atoms with Crippen LogP contribution in [0.4, 0.5) is 0 Å². The number of benzene rings is 1. The highest BCUT2D eigenvalue weighted by molar-refractivity contribution is 7.91. The number of rotatable bonds is 8. The number of hydrogen-bond donors (Lipinski definition) is 2. The molecule has 0 saturated carbocycles. The number of hydrogen-bond acceptors (Lipinski definition) is 5. The molecule has 0 aliphatic heterocycles. The minimum Gasteiger partial charge on any atom is -0.481 e. The summed E-state index contributed by atoms with van der Waals surface area (Å²) >= 11 is 0.979. The maximum Gasteiger partial charge on any atom is 0.308 e. The van der Waals surface area contributed by atoms with Gasteiger partial charge in [0.05, 0.1) is 12.5 Å². The molecule has 1 atom stereocenters. The van der Waals surface area contributed by atoms with Crippen LogP contribution in [0.3, 0.4) is 0 Å². The Balaban J connectivity index is 2.23. The number of nitrogens with zero attached hydrogens (tertiary/aromatic N) is 1. The predicted molar refractivity (Wildman–Crippen MR) is 93.7 cm³/mol. The van der Waals surface area contributed by atoms with Crippen molar-refractivity contribution in [1.29, 1.82) is 0 Å². The maximum atomic E-state index is 12.6. The molecule has 2 aromatic rings. The van der Waals surface area contributed by atoms with Gasteiger partial charge in [-0.05, 0) is 31.8 Å². The van der Waals surface area contributed by atoms with Crippen LogP contribution >= 0.6 is 11.3 Å². The monoisotopic (exact) mass is 368 g/mol. The van der Waals surface area contributed by atoms with Gasteiger partial charge in [-0.1, -0.05) is 30.3 Å². The number of carboxylic acids is 1. The molecule has 6 nitrogen and oxygen atoms in total. The SMILES string of the molecule is CN(C)CC(NS(=O)(=O)c1ccc(CC(=O)O)s1)c1ccccc1. The van der Waals surface area contributed by atoms with Crippen LogP contribution in [0.5, 0.6) is 0 Å². The fraction of sp³-hybridized carbons (Fsp3) is 0.312. The van der Waals surface area contributed by atoms with Crippen molar-refractivity contribution in [3.8, 4) is 0 Å². The van der Waals surface area contributed by atoms with Gasteiger partial charge in [-0.3, -0.25) is 4.79 Å². The molecular weight excluding hydrogens is 348 g/mol. The van der Waals surface area contributed by atoms with Crippen molar-refractivity contribution in [3.05, 3.63) is 52.9 Å². The van der Waals surface area contributed by atoms with Crippen LogP contribution < -0.4 is 4.72 Å². The molecule has 0 radical (unpaired) electrons. The van der Waals surface area contributed by atoms with E-state index in [1.54, 1.807) is 0 Å². The van der Waals surface area contributed by atoms with E-state index in [4.69, 9.17) is 5.11 Å². The summed E-state index contributed by atoms with van der Waals surface area (Å²) in [6.45, 7) is 0.511.